The van der Waals surface area contributed by atoms with Gasteiger partial charge in [0.05, 0.1) is 52.4 Å². The SMILES string of the molecule is C[C@@H]1O[C@@H](O[C@H]2[C@H](O[C@@H]3O[C@H](COS(=O)(=O)O)[C@H](O)[C@H](O)[C@H]3O)[C@@H](OCc3ccccc3)[C@H](O)O[C@@H]2COCc2ccccc2)[C@@H](OCc2ccccc2)[C@H](OCc2ccccc2)[C@@H]1OCc1ccccc1. The van der Waals surface area contributed by atoms with Gasteiger partial charge < -0.3 is 67.8 Å². The van der Waals surface area contributed by atoms with Crippen molar-refractivity contribution in [3.8, 4) is 0 Å². The molecule has 15 atom stereocenters. The number of aliphatic hydroxyl groups is 4. The molecule has 0 bridgehead atoms. The summed E-state index contributed by atoms with van der Waals surface area (Å²) < 4.78 is 103. The van der Waals surface area contributed by atoms with Gasteiger partial charge in [-0.15, -0.1) is 0 Å². The zero-order chi connectivity index (χ0) is 50.5. The van der Waals surface area contributed by atoms with Gasteiger partial charge in [-0.05, 0) is 34.7 Å². The number of hydrogen-bond acceptors (Lipinski definition) is 17. The Bertz CT molecular complexity index is 2450. The van der Waals surface area contributed by atoms with E-state index in [1.165, 1.54) is 0 Å². The van der Waals surface area contributed by atoms with Crippen LogP contribution in [0.4, 0.5) is 0 Å². The molecule has 388 valence electrons. The van der Waals surface area contributed by atoms with Gasteiger partial charge in [0.2, 0.25) is 0 Å². The Balaban J connectivity index is 1.17. The molecule has 5 N–H and O–H groups in total. The maximum absolute atomic E-state index is 11.9. The molecule has 0 spiro atoms. The van der Waals surface area contributed by atoms with Crippen LogP contribution in [0.2, 0.25) is 0 Å². The van der Waals surface area contributed by atoms with Crippen LogP contribution in [0, 0.1) is 0 Å². The normalized spacial score (nSPS) is 31.0. The van der Waals surface area contributed by atoms with E-state index in [1.54, 1.807) is 0 Å². The van der Waals surface area contributed by atoms with E-state index in [2.05, 4.69) is 4.18 Å². The van der Waals surface area contributed by atoms with E-state index in [1.807, 2.05) is 159 Å². The highest BCUT2D eigenvalue weighted by molar-refractivity contribution is 7.80. The summed E-state index contributed by atoms with van der Waals surface area (Å²) in [6.45, 7) is 1.14. The molecule has 19 heteroatoms. The molecule has 0 aromatic heterocycles. The van der Waals surface area contributed by atoms with Crippen LogP contribution in [-0.4, -0.2) is 139 Å². The highest BCUT2D eigenvalue weighted by atomic mass is 32.3. The van der Waals surface area contributed by atoms with Crippen molar-refractivity contribution in [1.82, 2.24) is 0 Å². The minimum atomic E-state index is -5.04. The topological polar surface area (TPSA) is 237 Å². The van der Waals surface area contributed by atoms with Crippen LogP contribution >= 0.6 is 0 Å². The monoisotopic (exact) mass is 1020 g/mol. The molecule has 3 aliphatic rings. The van der Waals surface area contributed by atoms with Gasteiger partial charge in [-0.2, -0.15) is 8.42 Å². The van der Waals surface area contributed by atoms with Crippen molar-refractivity contribution in [2.75, 3.05) is 13.2 Å². The van der Waals surface area contributed by atoms with Crippen LogP contribution in [0.3, 0.4) is 0 Å². The first-order chi connectivity index (χ1) is 34.9. The smallest absolute Gasteiger partial charge is 0.387 e. The molecule has 5 aromatic rings. The molecule has 8 rings (SSSR count). The van der Waals surface area contributed by atoms with E-state index in [0.717, 1.165) is 22.3 Å². The second-order valence-corrected chi connectivity index (χ2v) is 18.8. The summed E-state index contributed by atoms with van der Waals surface area (Å²) in [6.07, 6.45) is -21.3. The van der Waals surface area contributed by atoms with E-state index >= 15 is 0 Å². The average Bonchev–Trinajstić information content (AvgIpc) is 3.39. The number of aliphatic hydroxyl groups excluding tert-OH is 4. The Morgan fingerprint density at radius 1 is 0.431 bits per heavy atom. The van der Waals surface area contributed by atoms with Crippen molar-refractivity contribution in [1.29, 1.82) is 0 Å². The zero-order valence-electron chi connectivity index (χ0n) is 39.5. The van der Waals surface area contributed by atoms with Crippen LogP contribution in [0.1, 0.15) is 34.7 Å². The first-order valence-corrected chi connectivity index (χ1v) is 25.1. The Kier molecular flexibility index (Phi) is 19.4. The molecule has 0 radical (unpaired) electrons. The van der Waals surface area contributed by atoms with Gasteiger partial charge >= 0.3 is 10.4 Å². The first-order valence-electron chi connectivity index (χ1n) is 23.8. The molecule has 3 aliphatic heterocycles. The van der Waals surface area contributed by atoms with Crippen molar-refractivity contribution >= 4 is 10.4 Å². The van der Waals surface area contributed by atoms with Crippen LogP contribution in [0.25, 0.3) is 0 Å². The summed E-state index contributed by atoms with van der Waals surface area (Å²) in [6, 6.07) is 47.2. The minimum absolute atomic E-state index is 0.0798. The van der Waals surface area contributed by atoms with Crippen LogP contribution in [-0.2, 0) is 95.0 Å². The molecule has 0 unspecified atom stereocenters. The van der Waals surface area contributed by atoms with Gasteiger partial charge in [0, 0.05) is 0 Å². The summed E-state index contributed by atoms with van der Waals surface area (Å²) in [5.41, 5.74) is 4.19. The van der Waals surface area contributed by atoms with Crippen molar-refractivity contribution in [3.05, 3.63) is 179 Å². The fourth-order valence-electron chi connectivity index (χ4n) is 8.77. The fraction of sp³-hybridized carbons (Fsp3) is 0.434. The van der Waals surface area contributed by atoms with E-state index in [4.69, 9.17) is 47.4 Å². The van der Waals surface area contributed by atoms with Gasteiger partial charge in [-0.25, -0.2) is 4.18 Å². The molecule has 0 aliphatic carbocycles. The predicted molar refractivity (Wildman–Crippen MR) is 255 cm³/mol. The lowest BCUT2D eigenvalue weighted by atomic mass is 9.95. The molecule has 0 amide bonds. The van der Waals surface area contributed by atoms with Crippen LogP contribution < -0.4 is 0 Å². The van der Waals surface area contributed by atoms with Gasteiger partial charge in [0.15, 0.2) is 18.9 Å². The third kappa shape index (κ3) is 14.8. The molecular weight excluding hydrogens is 957 g/mol. The molecule has 18 nitrogen and oxygen atoms in total. The summed E-state index contributed by atoms with van der Waals surface area (Å²) in [5.74, 6) is 0. The highest BCUT2D eigenvalue weighted by Gasteiger charge is 2.56. The van der Waals surface area contributed by atoms with Crippen LogP contribution in [0.15, 0.2) is 152 Å². The summed E-state index contributed by atoms with van der Waals surface area (Å²) in [5, 5.41) is 45.3. The highest BCUT2D eigenvalue weighted by Crippen LogP contribution is 2.37. The van der Waals surface area contributed by atoms with Gasteiger partial charge in [0.25, 0.3) is 0 Å². The van der Waals surface area contributed by atoms with E-state index in [9.17, 15) is 33.4 Å². The van der Waals surface area contributed by atoms with Crippen molar-refractivity contribution in [2.45, 2.75) is 132 Å². The lowest BCUT2D eigenvalue weighted by Gasteiger charge is -2.50. The first kappa shape index (κ1) is 53.7. The lowest BCUT2D eigenvalue weighted by Crippen LogP contribution is -2.67. The zero-order valence-corrected chi connectivity index (χ0v) is 40.3. The minimum Gasteiger partial charge on any atom is -0.387 e. The molecule has 72 heavy (non-hydrogen) atoms. The summed E-state index contributed by atoms with van der Waals surface area (Å²) >= 11 is 0. The van der Waals surface area contributed by atoms with E-state index < -0.39 is 109 Å². The number of rotatable bonds is 23. The quantitative estimate of drug-likeness (QED) is 0.0570. The second kappa shape index (κ2) is 26.1. The number of benzene rings is 5. The molecule has 5 aromatic carbocycles. The van der Waals surface area contributed by atoms with Gasteiger partial charge in [-0.1, -0.05) is 152 Å². The van der Waals surface area contributed by atoms with Crippen molar-refractivity contribution in [3.63, 3.8) is 0 Å². The number of ether oxygens (including phenoxy) is 10. The second-order valence-electron chi connectivity index (χ2n) is 17.7. The maximum atomic E-state index is 11.9. The average molecular weight is 1020 g/mol. The fourth-order valence-corrected chi connectivity index (χ4v) is 9.07. The van der Waals surface area contributed by atoms with Crippen LogP contribution in [0.5, 0.6) is 0 Å². The van der Waals surface area contributed by atoms with Gasteiger partial charge in [-0.3, -0.25) is 4.55 Å². The molecule has 3 heterocycles. The third-order valence-corrected chi connectivity index (χ3v) is 12.9. The Morgan fingerprint density at radius 2 is 0.861 bits per heavy atom. The molecule has 3 saturated heterocycles. The summed E-state index contributed by atoms with van der Waals surface area (Å²) in [7, 11) is -5.04. The van der Waals surface area contributed by atoms with E-state index in [-0.39, 0.29) is 39.6 Å². The molecular formula is C53H62O18S. The largest absolute Gasteiger partial charge is 0.397 e. The van der Waals surface area contributed by atoms with Gasteiger partial charge in [0.1, 0.15) is 67.1 Å². The number of hydrogen-bond donors (Lipinski definition) is 5. The Hall–Kier alpha value is -4.59. The van der Waals surface area contributed by atoms with Crippen molar-refractivity contribution in [2.24, 2.45) is 0 Å². The van der Waals surface area contributed by atoms with E-state index in [0.29, 0.717) is 5.56 Å². The predicted octanol–water partition coefficient (Wildman–Crippen LogP) is 4.40. The summed E-state index contributed by atoms with van der Waals surface area (Å²) in [4.78, 5) is 0. The molecule has 3 fully saturated rings. The molecule has 0 saturated carbocycles. The standard InChI is InChI=1S/C53H62O18S/c1-34-45(62-28-36-19-9-3-10-20-36)47(63-29-37-21-11-4-12-22-37)50(65-31-39-25-15-6-16-26-39)53(67-34)70-46-41(32-61-27-35-17-7-2-8-18-35)68-51(57)49(64-30-38-23-13-5-14-24-38)48(46)71-52-44(56)43(55)42(54)40(69-52)33-66-72(58,59)60/h2-26,34,40-57H,27-33H2,1H3,(H,58,59,60)/t34-,40+,41+,42-,43-,44+,45+,46+,47+,48-,49+,50-,51+,52-,53-/m0/s1. The lowest BCUT2D eigenvalue weighted by molar-refractivity contribution is -0.391. The maximum Gasteiger partial charge on any atom is 0.397 e. The Morgan fingerprint density at radius 3 is 1.35 bits per heavy atom. The third-order valence-electron chi connectivity index (χ3n) is 12.5. The Labute approximate surface area is 418 Å². The van der Waals surface area contributed by atoms with Crippen molar-refractivity contribution < 1.29 is 84.9 Å².